The molecule has 7 heteroatoms. The zero-order valence-corrected chi connectivity index (χ0v) is 12.6. The number of hydrogen-bond acceptors (Lipinski definition) is 4. The fourth-order valence-corrected chi connectivity index (χ4v) is 2.66. The molecule has 1 atom stereocenters. The average Bonchev–Trinajstić information content (AvgIpc) is 2.79. The molecular formula is C12H18BrN3O3. The van der Waals surface area contributed by atoms with Gasteiger partial charge in [0.2, 0.25) is 0 Å². The van der Waals surface area contributed by atoms with E-state index in [1.54, 1.807) is 0 Å². The van der Waals surface area contributed by atoms with Gasteiger partial charge in [0.1, 0.15) is 0 Å². The Bertz CT molecular complexity index is 441. The van der Waals surface area contributed by atoms with Crippen molar-refractivity contribution in [3.8, 4) is 0 Å². The molecule has 0 bridgehead atoms. The Labute approximate surface area is 120 Å². The Hall–Kier alpha value is -0.920. The van der Waals surface area contributed by atoms with Crippen LogP contribution < -0.4 is 5.48 Å². The van der Waals surface area contributed by atoms with E-state index >= 15 is 0 Å². The molecule has 106 valence electrons. The summed E-state index contributed by atoms with van der Waals surface area (Å²) in [7, 11) is 0. The summed E-state index contributed by atoms with van der Waals surface area (Å²) < 4.78 is 6.04. The number of ether oxygens (including phenoxy) is 1. The van der Waals surface area contributed by atoms with Gasteiger partial charge in [-0.3, -0.25) is 9.89 Å². The van der Waals surface area contributed by atoms with Crippen LogP contribution in [0.5, 0.6) is 0 Å². The predicted octanol–water partition coefficient (Wildman–Crippen LogP) is 2.48. The topological polar surface area (TPSA) is 76.2 Å². The maximum absolute atomic E-state index is 11.9. The number of carbonyl (C=O) groups is 1. The summed E-state index contributed by atoms with van der Waals surface area (Å²) >= 11 is 3.38. The van der Waals surface area contributed by atoms with Gasteiger partial charge in [0.25, 0.3) is 5.91 Å². The lowest BCUT2D eigenvalue weighted by Crippen LogP contribution is -2.33. The molecule has 2 heterocycles. The number of carbonyl (C=O) groups excluding carboxylic acids is 1. The van der Waals surface area contributed by atoms with Gasteiger partial charge in [-0.2, -0.15) is 5.10 Å². The minimum Gasteiger partial charge on any atom is -0.350 e. The number of halogens is 1. The van der Waals surface area contributed by atoms with Crippen LogP contribution in [0.3, 0.4) is 0 Å². The summed E-state index contributed by atoms with van der Waals surface area (Å²) in [6, 6.07) is 0. The van der Waals surface area contributed by atoms with E-state index in [1.807, 2.05) is 13.8 Å². The van der Waals surface area contributed by atoms with Gasteiger partial charge in [-0.25, -0.2) is 10.3 Å². The predicted molar refractivity (Wildman–Crippen MR) is 72.5 cm³/mol. The molecule has 0 spiro atoms. The van der Waals surface area contributed by atoms with Crippen molar-refractivity contribution < 1.29 is 14.4 Å². The molecule has 0 aliphatic carbocycles. The van der Waals surface area contributed by atoms with Crippen molar-refractivity contribution in [3.05, 3.63) is 15.9 Å². The maximum atomic E-state index is 11.9. The first-order valence-corrected chi connectivity index (χ1v) is 7.20. The first-order valence-electron chi connectivity index (χ1n) is 6.41. The van der Waals surface area contributed by atoms with Gasteiger partial charge in [0.05, 0.1) is 10.2 Å². The third-order valence-corrected chi connectivity index (χ3v) is 3.75. The fraction of sp³-hybridized carbons (Fsp3) is 0.667. The summed E-state index contributed by atoms with van der Waals surface area (Å²) in [6.07, 6.45) is 2.51. The van der Waals surface area contributed by atoms with E-state index in [-0.39, 0.29) is 18.1 Å². The van der Waals surface area contributed by atoms with Crippen molar-refractivity contribution in [1.29, 1.82) is 0 Å². The van der Waals surface area contributed by atoms with Crippen LogP contribution in [0.15, 0.2) is 4.47 Å². The van der Waals surface area contributed by atoms with Crippen molar-refractivity contribution in [3.63, 3.8) is 0 Å². The molecule has 1 aliphatic heterocycles. The van der Waals surface area contributed by atoms with Gasteiger partial charge in [-0.05, 0) is 34.7 Å². The smallest absolute Gasteiger partial charge is 0.296 e. The second-order valence-electron chi connectivity index (χ2n) is 4.80. The first kappa shape index (κ1) is 14.5. The van der Waals surface area contributed by atoms with E-state index in [4.69, 9.17) is 9.57 Å². The molecule has 1 amide bonds. The van der Waals surface area contributed by atoms with Crippen LogP contribution in [0.1, 0.15) is 55.2 Å². The lowest BCUT2D eigenvalue weighted by Gasteiger charge is -2.21. The highest BCUT2D eigenvalue weighted by atomic mass is 79.9. The summed E-state index contributed by atoms with van der Waals surface area (Å²) in [5, 5.41) is 6.84. The molecule has 1 saturated heterocycles. The third-order valence-electron chi connectivity index (χ3n) is 2.95. The largest absolute Gasteiger partial charge is 0.350 e. The molecule has 19 heavy (non-hydrogen) atoms. The minimum atomic E-state index is -0.385. The van der Waals surface area contributed by atoms with E-state index in [0.717, 1.165) is 25.0 Å². The second kappa shape index (κ2) is 6.49. The molecule has 1 aliphatic rings. The van der Waals surface area contributed by atoms with Crippen LogP contribution in [0.2, 0.25) is 0 Å². The molecular weight excluding hydrogens is 314 g/mol. The molecule has 2 rings (SSSR count). The molecule has 2 N–H and O–H groups in total. The van der Waals surface area contributed by atoms with E-state index in [9.17, 15) is 4.79 Å². The van der Waals surface area contributed by atoms with Crippen LogP contribution in [0, 0.1) is 0 Å². The summed E-state index contributed by atoms with van der Waals surface area (Å²) in [5.74, 6) is -0.129. The minimum absolute atomic E-state index is 0.256. The van der Waals surface area contributed by atoms with Crippen molar-refractivity contribution in [2.45, 2.75) is 45.3 Å². The standard InChI is InChI=1S/C12H18BrN3O3/c1-7(2)10-9(13)11(15-14-10)12(17)16-19-8-5-3-4-6-18-8/h7-8H,3-6H2,1-2H3,(H,14,15)(H,16,17). The second-order valence-corrected chi connectivity index (χ2v) is 5.59. The number of H-pyrrole nitrogens is 1. The van der Waals surface area contributed by atoms with Crippen molar-refractivity contribution >= 4 is 21.8 Å². The average molecular weight is 332 g/mol. The third kappa shape index (κ3) is 3.55. The van der Waals surface area contributed by atoms with Gasteiger partial charge in [0.15, 0.2) is 12.0 Å². The van der Waals surface area contributed by atoms with Crippen LogP contribution >= 0.6 is 15.9 Å². The Kier molecular flexibility index (Phi) is 4.95. The molecule has 1 fully saturated rings. The Balaban J connectivity index is 1.92. The zero-order valence-electron chi connectivity index (χ0n) is 11.0. The number of amides is 1. The Morgan fingerprint density at radius 1 is 1.58 bits per heavy atom. The normalized spacial score (nSPS) is 19.7. The molecule has 6 nitrogen and oxygen atoms in total. The quantitative estimate of drug-likeness (QED) is 0.831. The van der Waals surface area contributed by atoms with Gasteiger partial charge in [-0.15, -0.1) is 0 Å². The summed E-state index contributed by atoms with van der Waals surface area (Å²) in [4.78, 5) is 17.2. The number of rotatable bonds is 4. The molecule has 0 aromatic carbocycles. The van der Waals surface area contributed by atoms with E-state index in [1.165, 1.54) is 0 Å². The number of nitrogens with one attached hydrogen (secondary N) is 2. The molecule has 1 unspecified atom stereocenters. The lowest BCUT2D eigenvalue weighted by atomic mass is 10.1. The molecule has 1 aromatic rings. The summed E-state index contributed by atoms with van der Waals surface area (Å²) in [6.45, 7) is 4.71. The van der Waals surface area contributed by atoms with Gasteiger partial charge in [-0.1, -0.05) is 13.8 Å². The van der Waals surface area contributed by atoms with Crippen molar-refractivity contribution in [2.75, 3.05) is 6.61 Å². The van der Waals surface area contributed by atoms with Gasteiger partial charge in [0, 0.05) is 13.0 Å². The van der Waals surface area contributed by atoms with E-state index in [2.05, 4.69) is 31.6 Å². The van der Waals surface area contributed by atoms with E-state index < -0.39 is 0 Å². The Morgan fingerprint density at radius 2 is 2.37 bits per heavy atom. The highest BCUT2D eigenvalue weighted by Gasteiger charge is 2.21. The van der Waals surface area contributed by atoms with Gasteiger partial charge < -0.3 is 4.74 Å². The highest BCUT2D eigenvalue weighted by Crippen LogP contribution is 2.25. The van der Waals surface area contributed by atoms with Crippen LogP contribution in [0.25, 0.3) is 0 Å². The number of hydrogen-bond donors (Lipinski definition) is 2. The number of aromatic nitrogens is 2. The molecule has 0 saturated carbocycles. The maximum Gasteiger partial charge on any atom is 0.296 e. The monoisotopic (exact) mass is 331 g/mol. The number of aromatic amines is 1. The molecule has 0 radical (unpaired) electrons. The number of hydroxylamine groups is 1. The first-order chi connectivity index (χ1) is 9.09. The number of nitrogens with zero attached hydrogens (tertiary/aromatic N) is 1. The van der Waals surface area contributed by atoms with Crippen LogP contribution in [-0.2, 0) is 9.57 Å². The SMILES string of the molecule is CC(C)c1[nH]nc(C(=O)NOC2CCCCO2)c1Br. The van der Waals surface area contributed by atoms with Gasteiger partial charge >= 0.3 is 0 Å². The fourth-order valence-electron chi connectivity index (χ4n) is 1.85. The van der Waals surface area contributed by atoms with Crippen LogP contribution in [0.4, 0.5) is 0 Å². The zero-order chi connectivity index (χ0) is 13.8. The highest BCUT2D eigenvalue weighted by molar-refractivity contribution is 9.10. The summed E-state index contributed by atoms with van der Waals surface area (Å²) in [5.41, 5.74) is 3.56. The lowest BCUT2D eigenvalue weighted by molar-refractivity contribution is -0.186. The van der Waals surface area contributed by atoms with Crippen molar-refractivity contribution in [2.24, 2.45) is 0 Å². The molecule has 1 aromatic heterocycles. The van der Waals surface area contributed by atoms with Crippen molar-refractivity contribution in [1.82, 2.24) is 15.7 Å². The van der Waals surface area contributed by atoms with E-state index in [0.29, 0.717) is 16.8 Å². The Morgan fingerprint density at radius 3 is 2.95 bits per heavy atom. The van der Waals surface area contributed by atoms with Crippen LogP contribution in [-0.4, -0.2) is 29.0 Å².